The number of carbonyl (C=O) groups is 1. The Morgan fingerprint density at radius 1 is 1.40 bits per heavy atom. The first-order chi connectivity index (χ1) is 9.54. The highest BCUT2D eigenvalue weighted by atomic mass is 32.1. The second-order valence-electron chi connectivity index (χ2n) is 5.05. The molecule has 1 amide bonds. The SMILES string of the molecule is Cc1sc2nc(CN3CCNC(=O)C3)nc(N)c2c1C. The zero-order valence-corrected chi connectivity index (χ0v) is 12.4. The van der Waals surface area contributed by atoms with Gasteiger partial charge in [-0.3, -0.25) is 9.69 Å². The summed E-state index contributed by atoms with van der Waals surface area (Å²) in [5, 5.41) is 3.77. The molecular weight excluding hydrogens is 274 g/mol. The summed E-state index contributed by atoms with van der Waals surface area (Å²) in [6.07, 6.45) is 0. The number of hydrogen-bond donors (Lipinski definition) is 2. The minimum Gasteiger partial charge on any atom is -0.383 e. The van der Waals surface area contributed by atoms with Crippen LogP contribution in [0.25, 0.3) is 10.2 Å². The Kier molecular flexibility index (Phi) is 3.31. The van der Waals surface area contributed by atoms with Crippen LogP contribution in [0.2, 0.25) is 0 Å². The summed E-state index contributed by atoms with van der Waals surface area (Å²) < 4.78 is 0. The highest BCUT2D eigenvalue weighted by molar-refractivity contribution is 7.18. The van der Waals surface area contributed by atoms with Crippen molar-refractivity contribution >= 4 is 33.3 Å². The Labute approximate surface area is 121 Å². The number of amides is 1. The van der Waals surface area contributed by atoms with Gasteiger partial charge in [-0.15, -0.1) is 11.3 Å². The predicted octanol–water partition coefficient (Wildman–Crippen LogP) is 0.822. The van der Waals surface area contributed by atoms with Crippen molar-refractivity contribution in [2.75, 3.05) is 25.4 Å². The van der Waals surface area contributed by atoms with Crippen LogP contribution in [0.5, 0.6) is 0 Å². The number of thiophene rings is 1. The molecule has 1 aliphatic heterocycles. The van der Waals surface area contributed by atoms with Gasteiger partial charge in [0, 0.05) is 18.0 Å². The van der Waals surface area contributed by atoms with Gasteiger partial charge < -0.3 is 11.1 Å². The van der Waals surface area contributed by atoms with Gasteiger partial charge in [0.15, 0.2) is 0 Å². The number of nitrogen functional groups attached to an aromatic ring is 1. The average molecular weight is 291 g/mol. The minimum atomic E-state index is 0.0492. The van der Waals surface area contributed by atoms with Gasteiger partial charge in [-0.1, -0.05) is 0 Å². The topological polar surface area (TPSA) is 84.1 Å². The molecule has 20 heavy (non-hydrogen) atoms. The van der Waals surface area contributed by atoms with Crippen molar-refractivity contribution in [3.63, 3.8) is 0 Å². The van der Waals surface area contributed by atoms with Crippen molar-refractivity contribution in [3.8, 4) is 0 Å². The number of rotatable bonds is 2. The Morgan fingerprint density at radius 3 is 2.95 bits per heavy atom. The Bertz CT molecular complexity index is 681. The molecule has 0 aliphatic carbocycles. The maximum atomic E-state index is 11.4. The molecule has 1 fully saturated rings. The first-order valence-corrected chi connectivity index (χ1v) is 7.37. The maximum absolute atomic E-state index is 11.4. The maximum Gasteiger partial charge on any atom is 0.234 e. The lowest BCUT2D eigenvalue weighted by atomic mass is 10.2. The zero-order chi connectivity index (χ0) is 14.3. The van der Waals surface area contributed by atoms with Gasteiger partial charge >= 0.3 is 0 Å². The number of aromatic nitrogens is 2. The Morgan fingerprint density at radius 2 is 2.20 bits per heavy atom. The fraction of sp³-hybridized carbons (Fsp3) is 0.462. The quantitative estimate of drug-likeness (QED) is 0.856. The zero-order valence-electron chi connectivity index (χ0n) is 11.6. The molecule has 2 aromatic rings. The summed E-state index contributed by atoms with van der Waals surface area (Å²) in [5.41, 5.74) is 7.22. The minimum absolute atomic E-state index is 0.0492. The molecule has 0 aromatic carbocycles. The molecule has 6 nitrogen and oxygen atoms in total. The molecule has 1 aliphatic rings. The van der Waals surface area contributed by atoms with Crippen molar-refractivity contribution in [1.29, 1.82) is 0 Å². The normalized spacial score (nSPS) is 16.6. The number of piperazine rings is 1. The first kappa shape index (κ1) is 13.3. The van der Waals surface area contributed by atoms with E-state index in [0.29, 0.717) is 31.3 Å². The molecule has 106 valence electrons. The summed E-state index contributed by atoms with van der Waals surface area (Å²) >= 11 is 1.64. The van der Waals surface area contributed by atoms with Crippen molar-refractivity contribution in [1.82, 2.24) is 20.2 Å². The van der Waals surface area contributed by atoms with Gasteiger partial charge in [0.05, 0.1) is 18.5 Å². The largest absolute Gasteiger partial charge is 0.383 e. The molecule has 1 saturated heterocycles. The number of anilines is 1. The van der Waals surface area contributed by atoms with E-state index in [2.05, 4.69) is 22.2 Å². The van der Waals surface area contributed by atoms with Crippen molar-refractivity contribution in [2.45, 2.75) is 20.4 Å². The monoisotopic (exact) mass is 291 g/mol. The smallest absolute Gasteiger partial charge is 0.234 e. The third-order valence-electron chi connectivity index (χ3n) is 3.59. The highest BCUT2D eigenvalue weighted by Crippen LogP contribution is 2.31. The van der Waals surface area contributed by atoms with Crippen molar-refractivity contribution in [3.05, 3.63) is 16.3 Å². The summed E-state index contributed by atoms with van der Waals surface area (Å²) in [7, 11) is 0. The number of carbonyl (C=O) groups excluding carboxylic acids is 1. The van der Waals surface area contributed by atoms with E-state index in [9.17, 15) is 4.79 Å². The van der Waals surface area contributed by atoms with Crippen LogP contribution >= 0.6 is 11.3 Å². The summed E-state index contributed by atoms with van der Waals surface area (Å²) in [5.74, 6) is 1.27. The first-order valence-electron chi connectivity index (χ1n) is 6.55. The van der Waals surface area contributed by atoms with Crippen LogP contribution in [0.15, 0.2) is 0 Å². The summed E-state index contributed by atoms with van der Waals surface area (Å²) in [6, 6.07) is 0. The van der Waals surface area contributed by atoms with Crippen LogP contribution < -0.4 is 11.1 Å². The molecule has 2 aromatic heterocycles. The molecule has 0 spiro atoms. The van der Waals surface area contributed by atoms with Gasteiger partial charge in [0.25, 0.3) is 0 Å². The van der Waals surface area contributed by atoms with E-state index in [1.54, 1.807) is 11.3 Å². The lowest BCUT2D eigenvalue weighted by Crippen LogP contribution is -2.47. The number of aryl methyl sites for hydroxylation is 2. The molecule has 7 heteroatoms. The molecule has 3 N–H and O–H groups in total. The number of nitrogens with one attached hydrogen (secondary N) is 1. The van der Waals surface area contributed by atoms with Gasteiger partial charge in [0.2, 0.25) is 5.91 Å². The number of nitrogens with two attached hydrogens (primary N) is 1. The average Bonchev–Trinajstić information content (AvgIpc) is 2.65. The van der Waals surface area contributed by atoms with Crippen LogP contribution in [0.4, 0.5) is 5.82 Å². The third kappa shape index (κ3) is 2.34. The Balaban J connectivity index is 1.90. The number of hydrogen-bond acceptors (Lipinski definition) is 6. The number of nitrogens with zero attached hydrogens (tertiary/aromatic N) is 3. The van der Waals surface area contributed by atoms with Crippen LogP contribution in [-0.4, -0.2) is 40.4 Å². The summed E-state index contributed by atoms with van der Waals surface area (Å²) in [6.45, 7) is 6.55. The van der Waals surface area contributed by atoms with Crippen LogP contribution in [-0.2, 0) is 11.3 Å². The van der Waals surface area contributed by atoms with Gasteiger partial charge in [-0.2, -0.15) is 0 Å². The molecule has 0 radical (unpaired) electrons. The van der Waals surface area contributed by atoms with Gasteiger partial charge in [-0.05, 0) is 19.4 Å². The van der Waals surface area contributed by atoms with Crippen molar-refractivity contribution < 1.29 is 4.79 Å². The predicted molar refractivity (Wildman–Crippen MR) is 79.6 cm³/mol. The van der Waals surface area contributed by atoms with Crippen LogP contribution in [0.1, 0.15) is 16.3 Å². The number of fused-ring (bicyclic) bond motifs is 1. The fourth-order valence-corrected chi connectivity index (χ4v) is 3.48. The lowest BCUT2D eigenvalue weighted by Gasteiger charge is -2.25. The highest BCUT2D eigenvalue weighted by Gasteiger charge is 2.19. The van der Waals surface area contributed by atoms with E-state index in [1.807, 2.05) is 11.8 Å². The standard InChI is InChI=1S/C13H17N5OS/c1-7-8(2)20-13-11(7)12(14)16-9(17-13)5-18-4-3-15-10(19)6-18/h3-6H2,1-2H3,(H,15,19)(H2,14,16,17). The second-order valence-corrected chi connectivity index (χ2v) is 6.25. The molecule has 0 saturated carbocycles. The van der Waals surface area contributed by atoms with E-state index < -0.39 is 0 Å². The van der Waals surface area contributed by atoms with E-state index in [1.165, 1.54) is 4.88 Å². The van der Waals surface area contributed by atoms with Gasteiger partial charge in [0.1, 0.15) is 16.5 Å². The van der Waals surface area contributed by atoms with E-state index in [-0.39, 0.29) is 5.91 Å². The molecule has 3 heterocycles. The van der Waals surface area contributed by atoms with E-state index >= 15 is 0 Å². The van der Waals surface area contributed by atoms with Crippen LogP contribution in [0, 0.1) is 13.8 Å². The molecule has 3 rings (SSSR count). The molecule has 0 unspecified atom stereocenters. The molecule has 0 atom stereocenters. The lowest BCUT2D eigenvalue weighted by molar-refractivity contribution is -0.124. The van der Waals surface area contributed by atoms with Gasteiger partial charge in [-0.25, -0.2) is 9.97 Å². The van der Waals surface area contributed by atoms with Crippen LogP contribution in [0.3, 0.4) is 0 Å². The Hall–Kier alpha value is -1.73. The third-order valence-corrected chi connectivity index (χ3v) is 4.69. The second kappa shape index (κ2) is 4.99. The molecule has 0 bridgehead atoms. The molecular formula is C13H17N5OS. The van der Waals surface area contributed by atoms with Crippen molar-refractivity contribution in [2.24, 2.45) is 0 Å². The van der Waals surface area contributed by atoms with E-state index in [4.69, 9.17) is 5.73 Å². The van der Waals surface area contributed by atoms with E-state index in [0.717, 1.165) is 22.3 Å². The fourth-order valence-electron chi connectivity index (χ4n) is 2.42. The summed E-state index contributed by atoms with van der Waals surface area (Å²) in [4.78, 5) is 24.5.